The summed E-state index contributed by atoms with van der Waals surface area (Å²) in [7, 11) is 3.94. The number of hydrogen-bond donors (Lipinski definition) is 1. The summed E-state index contributed by atoms with van der Waals surface area (Å²) in [5.74, 6) is -0.848. The summed E-state index contributed by atoms with van der Waals surface area (Å²) in [6, 6.07) is 12.8. The number of carbonyl (C=O) groups is 1. The minimum atomic E-state index is -0.581. The number of fused-ring (bicyclic) bond motifs is 1. The minimum absolute atomic E-state index is 0.108. The second-order valence-electron chi connectivity index (χ2n) is 5.90. The molecule has 2 aromatic carbocycles. The molecule has 0 unspecified atom stereocenters. The molecule has 0 aliphatic rings. The summed E-state index contributed by atoms with van der Waals surface area (Å²) < 4.78 is 6.41. The van der Waals surface area contributed by atoms with Gasteiger partial charge < -0.3 is 14.6 Å². The van der Waals surface area contributed by atoms with Gasteiger partial charge in [0, 0.05) is 37.4 Å². The van der Waals surface area contributed by atoms with Gasteiger partial charge in [-0.15, -0.1) is 0 Å². The van der Waals surface area contributed by atoms with Crippen molar-refractivity contribution in [2.75, 3.05) is 19.0 Å². The van der Waals surface area contributed by atoms with Crippen LogP contribution in [0.25, 0.3) is 11.1 Å². The minimum Gasteiger partial charge on any atom is -0.408 e. The Bertz CT molecular complexity index is 958. The molecule has 0 aliphatic carbocycles. The first-order valence-electron chi connectivity index (χ1n) is 7.76. The number of hydrogen-bond acceptors (Lipinski definition) is 4. The molecular weight excluding hydrogens is 342 g/mol. The second kappa shape index (κ2) is 7.03. The zero-order chi connectivity index (χ0) is 18.0. The zero-order valence-corrected chi connectivity index (χ0v) is 14.7. The van der Waals surface area contributed by atoms with E-state index in [-0.39, 0.29) is 12.5 Å². The molecule has 1 heterocycles. The number of rotatable bonds is 5. The van der Waals surface area contributed by atoms with Crippen molar-refractivity contribution < 1.29 is 9.21 Å². The van der Waals surface area contributed by atoms with E-state index in [2.05, 4.69) is 5.32 Å². The Hall–Kier alpha value is -2.73. The van der Waals surface area contributed by atoms with Crippen molar-refractivity contribution >= 4 is 34.3 Å². The Morgan fingerprint density at radius 3 is 2.60 bits per heavy atom. The van der Waals surface area contributed by atoms with Crippen molar-refractivity contribution in [3.63, 3.8) is 0 Å². The van der Waals surface area contributed by atoms with Crippen LogP contribution >= 0.6 is 11.6 Å². The quantitative estimate of drug-likeness (QED) is 0.760. The summed E-state index contributed by atoms with van der Waals surface area (Å²) in [6.45, 7) is 0.284. The van der Waals surface area contributed by atoms with Crippen molar-refractivity contribution in [2.24, 2.45) is 0 Å². The van der Waals surface area contributed by atoms with Crippen LogP contribution in [0.5, 0.6) is 0 Å². The molecular formula is C18H18ClN3O3. The van der Waals surface area contributed by atoms with Crippen LogP contribution in [-0.4, -0.2) is 24.6 Å². The van der Waals surface area contributed by atoms with Crippen LogP contribution in [0.1, 0.15) is 5.56 Å². The molecule has 1 aromatic heterocycles. The lowest BCUT2D eigenvalue weighted by molar-refractivity contribution is -0.121. The van der Waals surface area contributed by atoms with Crippen LogP contribution in [0, 0.1) is 0 Å². The maximum atomic E-state index is 12.2. The van der Waals surface area contributed by atoms with Gasteiger partial charge in [0.1, 0.15) is 6.54 Å². The van der Waals surface area contributed by atoms with Gasteiger partial charge >= 0.3 is 5.76 Å². The van der Waals surface area contributed by atoms with E-state index in [1.807, 2.05) is 43.3 Å². The van der Waals surface area contributed by atoms with E-state index in [4.69, 9.17) is 16.0 Å². The topological polar surface area (TPSA) is 67.5 Å². The van der Waals surface area contributed by atoms with Gasteiger partial charge in [0.25, 0.3) is 0 Å². The maximum Gasteiger partial charge on any atom is 0.420 e. The molecule has 3 aromatic rings. The molecule has 0 saturated heterocycles. The summed E-state index contributed by atoms with van der Waals surface area (Å²) >= 11 is 5.88. The van der Waals surface area contributed by atoms with E-state index in [0.717, 1.165) is 11.3 Å². The predicted octanol–water partition coefficient (Wildman–Crippen LogP) is 2.63. The van der Waals surface area contributed by atoms with Gasteiger partial charge in [-0.05, 0) is 29.8 Å². The first kappa shape index (κ1) is 17.1. The Kier molecular flexibility index (Phi) is 4.81. The van der Waals surface area contributed by atoms with Gasteiger partial charge in [0.2, 0.25) is 5.91 Å². The summed E-state index contributed by atoms with van der Waals surface area (Å²) in [5.41, 5.74) is 2.98. The fraction of sp³-hybridized carbons (Fsp3) is 0.222. The number of nitrogens with zero attached hydrogens (tertiary/aromatic N) is 2. The van der Waals surface area contributed by atoms with Crippen molar-refractivity contribution in [2.45, 2.75) is 13.1 Å². The first-order chi connectivity index (χ1) is 11.9. The standard InChI is InChI=1S/C18H18ClN3O3/c1-21(2)14-6-3-12(4-7-14)10-20-17(23)11-22-15-8-5-13(19)9-16(15)25-18(22)24/h3-9H,10-11H2,1-2H3,(H,20,23). The van der Waals surface area contributed by atoms with Crippen molar-refractivity contribution in [3.05, 3.63) is 63.6 Å². The molecule has 1 amide bonds. The van der Waals surface area contributed by atoms with Crippen molar-refractivity contribution in [1.82, 2.24) is 9.88 Å². The van der Waals surface area contributed by atoms with Gasteiger partial charge in [-0.2, -0.15) is 0 Å². The fourth-order valence-electron chi connectivity index (χ4n) is 2.50. The average molecular weight is 360 g/mol. The molecule has 3 rings (SSSR count). The molecule has 0 atom stereocenters. The smallest absolute Gasteiger partial charge is 0.408 e. The normalized spacial score (nSPS) is 10.8. The molecule has 0 fully saturated rings. The molecule has 0 saturated carbocycles. The number of halogens is 1. The molecule has 25 heavy (non-hydrogen) atoms. The van der Waals surface area contributed by atoms with Crippen LogP contribution in [0.3, 0.4) is 0 Å². The third kappa shape index (κ3) is 3.85. The SMILES string of the molecule is CN(C)c1ccc(CNC(=O)Cn2c(=O)oc3cc(Cl)ccc32)cc1. The monoisotopic (exact) mass is 359 g/mol. The molecule has 6 nitrogen and oxygen atoms in total. The third-order valence-corrected chi connectivity index (χ3v) is 4.11. The lowest BCUT2D eigenvalue weighted by Gasteiger charge is -2.13. The van der Waals surface area contributed by atoms with Gasteiger partial charge in [-0.3, -0.25) is 9.36 Å². The van der Waals surface area contributed by atoms with Gasteiger partial charge in [-0.1, -0.05) is 23.7 Å². The number of anilines is 1. The largest absolute Gasteiger partial charge is 0.420 e. The number of nitrogens with one attached hydrogen (secondary N) is 1. The molecule has 0 bridgehead atoms. The number of amides is 1. The summed E-state index contributed by atoms with van der Waals surface area (Å²) in [4.78, 5) is 26.1. The molecule has 0 spiro atoms. The molecule has 7 heteroatoms. The Labute approximate surface area is 149 Å². The van der Waals surface area contributed by atoms with E-state index in [1.54, 1.807) is 18.2 Å². The third-order valence-electron chi connectivity index (χ3n) is 3.87. The number of oxazole rings is 1. The Morgan fingerprint density at radius 2 is 1.92 bits per heavy atom. The van der Waals surface area contributed by atoms with Crippen LogP contribution in [-0.2, 0) is 17.9 Å². The van der Waals surface area contributed by atoms with Crippen LogP contribution in [0.4, 0.5) is 5.69 Å². The lowest BCUT2D eigenvalue weighted by atomic mass is 10.2. The van der Waals surface area contributed by atoms with Crippen molar-refractivity contribution in [3.8, 4) is 0 Å². The highest BCUT2D eigenvalue weighted by Crippen LogP contribution is 2.18. The van der Waals surface area contributed by atoms with E-state index in [0.29, 0.717) is 22.7 Å². The average Bonchev–Trinajstić information content (AvgIpc) is 2.88. The van der Waals surface area contributed by atoms with Gasteiger partial charge in [0.05, 0.1) is 5.52 Å². The zero-order valence-electron chi connectivity index (χ0n) is 14.0. The highest BCUT2D eigenvalue weighted by molar-refractivity contribution is 6.31. The predicted molar refractivity (Wildman–Crippen MR) is 98.1 cm³/mol. The van der Waals surface area contributed by atoms with Crippen LogP contribution < -0.4 is 16.0 Å². The molecule has 0 aliphatic heterocycles. The summed E-state index contributed by atoms with van der Waals surface area (Å²) in [6.07, 6.45) is 0. The highest BCUT2D eigenvalue weighted by atomic mass is 35.5. The van der Waals surface area contributed by atoms with Gasteiger partial charge in [0.15, 0.2) is 5.58 Å². The highest BCUT2D eigenvalue weighted by Gasteiger charge is 2.13. The Balaban J connectivity index is 1.67. The summed E-state index contributed by atoms with van der Waals surface area (Å²) in [5, 5.41) is 3.28. The van der Waals surface area contributed by atoms with Crippen molar-refractivity contribution in [1.29, 1.82) is 0 Å². The van der Waals surface area contributed by atoms with E-state index < -0.39 is 5.76 Å². The van der Waals surface area contributed by atoms with Gasteiger partial charge in [-0.25, -0.2) is 4.79 Å². The van der Waals surface area contributed by atoms with Crippen LogP contribution in [0.2, 0.25) is 5.02 Å². The lowest BCUT2D eigenvalue weighted by Crippen LogP contribution is -2.30. The Morgan fingerprint density at radius 1 is 1.20 bits per heavy atom. The maximum absolute atomic E-state index is 12.2. The number of aromatic nitrogens is 1. The molecule has 130 valence electrons. The number of carbonyl (C=O) groups excluding carboxylic acids is 1. The van der Waals surface area contributed by atoms with E-state index >= 15 is 0 Å². The second-order valence-corrected chi connectivity index (χ2v) is 6.34. The van der Waals surface area contributed by atoms with E-state index in [9.17, 15) is 9.59 Å². The fourth-order valence-corrected chi connectivity index (χ4v) is 2.66. The molecule has 0 radical (unpaired) electrons. The first-order valence-corrected chi connectivity index (χ1v) is 8.13. The van der Waals surface area contributed by atoms with Crippen LogP contribution in [0.15, 0.2) is 51.7 Å². The number of benzene rings is 2. The molecule has 1 N–H and O–H groups in total. The van der Waals surface area contributed by atoms with E-state index in [1.165, 1.54) is 4.57 Å².